The van der Waals surface area contributed by atoms with Crippen LogP contribution in [0.4, 0.5) is 0 Å². The van der Waals surface area contributed by atoms with Gasteiger partial charge in [0, 0.05) is 51.2 Å². The number of ether oxygens (including phenoxy) is 1. The third kappa shape index (κ3) is 8.99. The summed E-state index contributed by atoms with van der Waals surface area (Å²) in [5.74, 6) is 0.193. The number of benzene rings is 2. The second kappa shape index (κ2) is 14.5. The van der Waals surface area contributed by atoms with E-state index < -0.39 is 17.5 Å². The third-order valence-corrected chi connectivity index (χ3v) is 7.13. The zero-order valence-corrected chi connectivity index (χ0v) is 24.6. The number of phenols is 1. The Balaban J connectivity index is 0.00000612. The number of aromatic hydroxyl groups is 1. The number of aliphatic hydroxyl groups excluding tert-OH is 1. The van der Waals surface area contributed by atoms with Crippen molar-refractivity contribution in [3.05, 3.63) is 52.0 Å². The van der Waals surface area contributed by atoms with Gasteiger partial charge in [-0.3, -0.25) is 9.59 Å². The molecule has 0 aliphatic carbocycles. The first-order chi connectivity index (χ1) is 16.0. The summed E-state index contributed by atoms with van der Waals surface area (Å²) in [4.78, 5) is 23.6. The molecular formula is C26H33ClNaO6S. The summed E-state index contributed by atoms with van der Waals surface area (Å²) in [6.45, 7) is 7.29. The third-order valence-electron chi connectivity index (χ3n) is 5.54. The summed E-state index contributed by atoms with van der Waals surface area (Å²) >= 11 is 7.98. The zero-order chi connectivity index (χ0) is 25.5. The van der Waals surface area contributed by atoms with Crippen LogP contribution in [0.5, 0.6) is 11.5 Å². The van der Waals surface area contributed by atoms with Gasteiger partial charge in [-0.25, -0.2) is 0 Å². The van der Waals surface area contributed by atoms with Gasteiger partial charge in [0.1, 0.15) is 11.5 Å². The fraction of sp³-hybridized carbons (Fsp3) is 0.462. The molecule has 0 aliphatic heterocycles. The minimum Gasteiger partial charge on any atom is -0.507 e. The van der Waals surface area contributed by atoms with Crippen molar-refractivity contribution < 1.29 is 29.6 Å². The van der Waals surface area contributed by atoms with Gasteiger partial charge >= 0.3 is 5.97 Å². The van der Waals surface area contributed by atoms with Crippen LogP contribution in [0.1, 0.15) is 74.5 Å². The SMILES string of the molecule is CCCc1c(OCCCSc2ccc(C(O)C(C)(C)CC(=O)O)cc2Cl)ccc(C(C)=O)c1O.[Na]. The van der Waals surface area contributed by atoms with Crippen LogP contribution < -0.4 is 4.74 Å². The molecule has 0 saturated carbocycles. The molecule has 0 aliphatic rings. The number of carbonyl (C=O) groups excluding carboxylic acids is 1. The molecular weight excluding hydrogens is 499 g/mol. The first-order valence-corrected chi connectivity index (χ1v) is 12.6. The Morgan fingerprint density at radius 2 is 1.89 bits per heavy atom. The van der Waals surface area contributed by atoms with E-state index in [1.807, 2.05) is 13.0 Å². The summed E-state index contributed by atoms with van der Waals surface area (Å²) in [5.41, 5.74) is 0.724. The van der Waals surface area contributed by atoms with Crippen LogP contribution in [-0.2, 0) is 11.2 Å². The van der Waals surface area contributed by atoms with Crippen LogP contribution in [0.2, 0.25) is 5.02 Å². The molecule has 0 bridgehead atoms. The molecule has 0 amide bonds. The number of carboxylic acids is 1. The fourth-order valence-electron chi connectivity index (χ4n) is 3.69. The van der Waals surface area contributed by atoms with Gasteiger partial charge in [-0.2, -0.15) is 0 Å². The molecule has 0 fully saturated rings. The van der Waals surface area contributed by atoms with E-state index in [4.69, 9.17) is 21.4 Å². The van der Waals surface area contributed by atoms with Gasteiger partial charge < -0.3 is 20.1 Å². The number of thioether (sulfide) groups is 1. The number of aliphatic hydroxyl groups is 1. The van der Waals surface area contributed by atoms with Gasteiger partial charge in [0.25, 0.3) is 0 Å². The molecule has 1 radical (unpaired) electrons. The number of phenolic OH excluding ortho intramolecular Hbond substituents is 1. The van der Waals surface area contributed by atoms with Gasteiger partial charge in [-0.15, -0.1) is 11.8 Å². The Morgan fingerprint density at radius 3 is 2.46 bits per heavy atom. The van der Waals surface area contributed by atoms with E-state index in [2.05, 4.69) is 0 Å². The number of rotatable bonds is 13. The number of Topliss-reactive ketones (excluding diaryl/α,β-unsaturated/α-hetero) is 1. The predicted octanol–water partition coefficient (Wildman–Crippen LogP) is 5.92. The van der Waals surface area contributed by atoms with Crippen molar-refractivity contribution in [1.29, 1.82) is 0 Å². The number of carbonyl (C=O) groups is 2. The smallest absolute Gasteiger partial charge is 0.303 e. The summed E-state index contributed by atoms with van der Waals surface area (Å²) in [6, 6.07) is 8.62. The van der Waals surface area contributed by atoms with E-state index in [9.17, 15) is 19.8 Å². The van der Waals surface area contributed by atoms with Crippen molar-refractivity contribution >= 4 is 64.7 Å². The van der Waals surface area contributed by atoms with Crippen molar-refractivity contribution in [2.45, 2.75) is 64.4 Å². The normalized spacial score (nSPS) is 12.1. The van der Waals surface area contributed by atoms with Gasteiger partial charge in [0.2, 0.25) is 0 Å². The van der Waals surface area contributed by atoms with Gasteiger partial charge in [-0.1, -0.05) is 44.9 Å². The van der Waals surface area contributed by atoms with E-state index in [0.717, 1.165) is 23.5 Å². The first-order valence-electron chi connectivity index (χ1n) is 11.3. The Kier molecular flexibility index (Phi) is 13.2. The second-order valence-corrected chi connectivity index (χ2v) is 10.5. The Hall–Kier alpha value is -1.22. The van der Waals surface area contributed by atoms with Crippen LogP contribution >= 0.6 is 23.4 Å². The molecule has 0 saturated heterocycles. The number of carboxylic acid groups (broad SMARTS) is 1. The topological polar surface area (TPSA) is 104 Å². The van der Waals surface area contributed by atoms with Crippen molar-refractivity contribution in [1.82, 2.24) is 0 Å². The molecule has 187 valence electrons. The second-order valence-electron chi connectivity index (χ2n) is 8.95. The average Bonchev–Trinajstić information content (AvgIpc) is 2.75. The van der Waals surface area contributed by atoms with Gasteiger partial charge in [-0.05, 0) is 49.6 Å². The van der Waals surface area contributed by atoms with Crippen molar-refractivity contribution in [3.63, 3.8) is 0 Å². The fourth-order valence-corrected chi connectivity index (χ4v) is 4.89. The molecule has 9 heteroatoms. The quantitative estimate of drug-likeness (QED) is 0.128. The number of hydrogen-bond donors (Lipinski definition) is 3. The maximum atomic E-state index is 11.7. The summed E-state index contributed by atoms with van der Waals surface area (Å²) < 4.78 is 5.89. The summed E-state index contributed by atoms with van der Waals surface area (Å²) in [7, 11) is 0. The molecule has 0 spiro atoms. The van der Waals surface area contributed by atoms with Crippen molar-refractivity contribution in [3.8, 4) is 11.5 Å². The minimum absolute atomic E-state index is 0. The molecule has 2 rings (SSSR count). The zero-order valence-electron chi connectivity index (χ0n) is 21.1. The predicted molar refractivity (Wildman–Crippen MR) is 141 cm³/mol. The number of ketones is 1. The molecule has 6 nitrogen and oxygen atoms in total. The Morgan fingerprint density at radius 1 is 1.20 bits per heavy atom. The maximum Gasteiger partial charge on any atom is 0.303 e. The standard InChI is InChI=1S/C26H33ClO6S.Na/c1-5-7-19-21(10-9-18(16(2)28)24(19)31)33-12-6-13-34-22-11-8-17(14-20(22)27)25(32)26(3,4)15-23(29)30;/h8-11,14,25,31-32H,5-7,12-13,15H2,1-4H3,(H,29,30);. The van der Waals surface area contributed by atoms with E-state index in [1.54, 1.807) is 49.9 Å². The van der Waals surface area contributed by atoms with E-state index in [1.165, 1.54) is 6.92 Å². The minimum atomic E-state index is -0.962. The first kappa shape index (κ1) is 31.8. The number of hydrogen-bond acceptors (Lipinski definition) is 6. The van der Waals surface area contributed by atoms with Crippen LogP contribution in [0, 0.1) is 5.41 Å². The Labute approximate surface area is 238 Å². The monoisotopic (exact) mass is 531 g/mol. The van der Waals surface area contributed by atoms with E-state index >= 15 is 0 Å². The van der Waals surface area contributed by atoms with Crippen LogP contribution in [0.25, 0.3) is 0 Å². The van der Waals surface area contributed by atoms with Gasteiger partial charge in [0.15, 0.2) is 5.78 Å². The number of halogens is 1. The molecule has 3 N–H and O–H groups in total. The molecule has 1 unspecified atom stereocenters. The van der Waals surface area contributed by atoms with Crippen LogP contribution in [0.3, 0.4) is 0 Å². The van der Waals surface area contributed by atoms with Crippen molar-refractivity contribution in [2.24, 2.45) is 5.41 Å². The molecule has 2 aromatic carbocycles. The molecule has 0 heterocycles. The van der Waals surface area contributed by atoms with Crippen molar-refractivity contribution in [2.75, 3.05) is 12.4 Å². The van der Waals surface area contributed by atoms with Crippen LogP contribution in [-0.4, -0.2) is 69.0 Å². The average molecular weight is 532 g/mol. The van der Waals surface area contributed by atoms with E-state index in [0.29, 0.717) is 40.5 Å². The largest absolute Gasteiger partial charge is 0.507 e. The summed E-state index contributed by atoms with van der Waals surface area (Å²) in [6.07, 6.45) is 1.07. The van der Waals surface area contributed by atoms with Crippen LogP contribution in [0.15, 0.2) is 35.2 Å². The molecule has 2 aromatic rings. The maximum absolute atomic E-state index is 11.7. The van der Waals surface area contributed by atoms with Gasteiger partial charge in [0.05, 0.1) is 29.7 Å². The molecule has 1 atom stereocenters. The molecule has 0 aromatic heterocycles. The number of aliphatic carboxylic acids is 1. The Bertz CT molecular complexity index is 1030. The molecule has 35 heavy (non-hydrogen) atoms. The summed E-state index contributed by atoms with van der Waals surface area (Å²) in [5, 5.41) is 30.6. The van der Waals surface area contributed by atoms with E-state index in [-0.39, 0.29) is 47.5 Å².